The van der Waals surface area contributed by atoms with Crippen LogP contribution in [0.15, 0.2) is 18.2 Å². The van der Waals surface area contributed by atoms with E-state index in [9.17, 15) is 9.18 Å². The number of rotatable bonds is 2. The van der Waals surface area contributed by atoms with E-state index in [1.807, 2.05) is 25.1 Å². The molecule has 2 nitrogen and oxygen atoms in total. The van der Waals surface area contributed by atoms with Gasteiger partial charge in [-0.15, -0.1) is 0 Å². The van der Waals surface area contributed by atoms with Crippen LogP contribution in [0.25, 0.3) is 0 Å². The molecule has 2 rings (SSSR count). The average Bonchev–Trinajstić information content (AvgIpc) is 2.61. The smallest absolute Gasteiger partial charge is 0.338 e. The second kappa shape index (κ2) is 3.65. The van der Waals surface area contributed by atoms with Crippen LogP contribution in [0.4, 0.5) is 4.39 Å². The summed E-state index contributed by atoms with van der Waals surface area (Å²) in [5, 5.41) is 8.68. The standard InChI is InChI=1S/C12H13FO2/c1-7-3-2-4-8-5-6-9(10(7)8)11(13)12(14)15/h2-4,9,11H,5-6H2,1H3,(H,14,15). The SMILES string of the molecule is Cc1cccc2c1C(C(F)C(=O)O)CC2. The zero-order valence-electron chi connectivity index (χ0n) is 8.53. The first-order valence-electron chi connectivity index (χ1n) is 5.06. The van der Waals surface area contributed by atoms with Gasteiger partial charge in [0, 0.05) is 5.92 Å². The molecule has 2 atom stereocenters. The third kappa shape index (κ3) is 1.62. The molecule has 1 aromatic carbocycles. The lowest BCUT2D eigenvalue weighted by Crippen LogP contribution is -2.22. The molecule has 0 aliphatic heterocycles. The zero-order valence-corrected chi connectivity index (χ0v) is 8.53. The number of carbonyl (C=O) groups is 1. The Hall–Kier alpha value is -1.38. The van der Waals surface area contributed by atoms with Crippen molar-refractivity contribution in [3.63, 3.8) is 0 Å². The number of alkyl halides is 1. The summed E-state index contributed by atoms with van der Waals surface area (Å²) in [4.78, 5) is 10.6. The Labute approximate surface area is 87.7 Å². The minimum Gasteiger partial charge on any atom is -0.479 e. The van der Waals surface area contributed by atoms with Gasteiger partial charge in [0.05, 0.1) is 0 Å². The Balaban J connectivity index is 2.39. The molecule has 0 heterocycles. The monoisotopic (exact) mass is 208 g/mol. The van der Waals surface area contributed by atoms with Gasteiger partial charge in [-0.1, -0.05) is 18.2 Å². The fourth-order valence-electron chi connectivity index (χ4n) is 2.41. The molecule has 0 amide bonds. The van der Waals surface area contributed by atoms with Crippen molar-refractivity contribution in [2.75, 3.05) is 0 Å². The predicted molar refractivity (Wildman–Crippen MR) is 54.8 cm³/mol. The fraction of sp³-hybridized carbons (Fsp3) is 0.417. The van der Waals surface area contributed by atoms with Crippen molar-refractivity contribution < 1.29 is 14.3 Å². The first kappa shape index (κ1) is 10.1. The van der Waals surface area contributed by atoms with E-state index in [1.165, 1.54) is 0 Å². The highest BCUT2D eigenvalue weighted by Crippen LogP contribution is 2.38. The first-order chi connectivity index (χ1) is 7.11. The van der Waals surface area contributed by atoms with Crippen LogP contribution in [-0.2, 0) is 11.2 Å². The van der Waals surface area contributed by atoms with Gasteiger partial charge in [-0.2, -0.15) is 0 Å². The zero-order chi connectivity index (χ0) is 11.0. The molecule has 0 radical (unpaired) electrons. The summed E-state index contributed by atoms with van der Waals surface area (Å²) >= 11 is 0. The Morgan fingerprint density at radius 2 is 2.33 bits per heavy atom. The van der Waals surface area contributed by atoms with Gasteiger partial charge >= 0.3 is 5.97 Å². The number of halogens is 1. The summed E-state index contributed by atoms with van der Waals surface area (Å²) in [5.41, 5.74) is 3.01. The third-order valence-electron chi connectivity index (χ3n) is 3.10. The Morgan fingerprint density at radius 1 is 1.60 bits per heavy atom. The summed E-state index contributed by atoms with van der Waals surface area (Å²) in [5.74, 6) is -1.81. The maximum Gasteiger partial charge on any atom is 0.338 e. The number of hydrogen-bond donors (Lipinski definition) is 1. The van der Waals surface area contributed by atoms with Crippen LogP contribution in [0, 0.1) is 6.92 Å². The number of aryl methyl sites for hydroxylation is 2. The molecule has 1 aliphatic rings. The maximum absolute atomic E-state index is 13.5. The van der Waals surface area contributed by atoms with Crippen molar-refractivity contribution in [3.05, 3.63) is 34.9 Å². The van der Waals surface area contributed by atoms with E-state index in [1.54, 1.807) is 0 Å². The normalized spacial score (nSPS) is 21.1. The molecule has 1 aliphatic carbocycles. The summed E-state index contributed by atoms with van der Waals surface area (Å²) in [6, 6.07) is 5.80. The summed E-state index contributed by atoms with van der Waals surface area (Å²) in [6.07, 6.45) is -0.379. The van der Waals surface area contributed by atoms with Gasteiger partial charge in [-0.25, -0.2) is 9.18 Å². The predicted octanol–water partition coefficient (Wildman–Crippen LogP) is 2.45. The third-order valence-corrected chi connectivity index (χ3v) is 3.10. The first-order valence-corrected chi connectivity index (χ1v) is 5.06. The van der Waals surface area contributed by atoms with Gasteiger partial charge in [0.1, 0.15) is 0 Å². The molecule has 1 aromatic rings. The molecule has 0 saturated carbocycles. The highest BCUT2D eigenvalue weighted by Gasteiger charge is 2.35. The number of hydrogen-bond acceptors (Lipinski definition) is 1. The average molecular weight is 208 g/mol. The fourth-order valence-corrected chi connectivity index (χ4v) is 2.41. The topological polar surface area (TPSA) is 37.3 Å². The highest BCUT2D eigenvalue weighted by molar-refractivity contribution is 5.74. The van der Waals surface area contributed by atoms with Crippen LogP contribution in [0.1, 0.15) is 29.0 Å². The second-order valence-electron chi connectivity index (χ2n) is 4.03. The van der Waals surface area contributed by atoms with E-state index in [4.69, 9.17) is 5.11 Å². The Kier molecular flexibility index (Phi) is 2.47. The lowest BCUT2D eigenvalue weighted by atomic mass is 9.93. The molecule has 0 saturated heterocycles. The molecule has 2 unspecified atom stereocenters. The lowest BCUT2D eigenvalue weighted by Gasteiger charge is -2.15. The number of aliphatic carboxylic acids is 1. The number of benzene rings is 1. The molecular formula is C12H13FO2. The van der Waals surface area contributed by atoms with Crippen LogP contribution in [0.3, 0.4) is 0 Å². The van der Waals surface area contributed by atoms with Crippen molar-refractivity contribution in [2.45, 2.75) is 31.9 Å². The summed E-state index contributed by atoms with van der Waals surface area (Å²) in [6.45, 7) is 1.91. The number of carboxylic acids is 1. The van der Waals surface area contributed by atoms with Gasteiger partial charge in [0.2, 0.25) is 6.17 Å². The van der Waals surface area contributed by atoms with Crippen molar-refractivity contribution >= 4 is 5.97 Å². The molecule has 80 valence electrons. The maximum atomic E-state index is 13.5. The van der Waals surface area contributed by atoms with Gasteiger partial charge < -0.3 is 5.11 Å². The summed E-state index contributed by atoms with van der Waals surface area (Å²) < 4.78 is 13.5. The second-order valence-corrected chi connectivity index (χ2v) is 4.03. The van der Waals surface area contributed by atoms with E-state index in [0.717, 1.165) is 23.1 Å². The molecule has 15 heavy (non-hydrogen) atoms. The molecular weight excluding hydrogens is 195 g/mol. The summed E-state index contributed by atoms with van der Waals surface area (Å²) in [7, 11) is 0. The minimum absolute atomic E-state index is 0.460. The van der Waals surface area contributed by atoms with Crippen LogP contribution >= 0.6 is 0 Å². The molecule has 0 bridgehead atoms. The molecule has 3 heteroatoms. The van der Waals surface area contributed by atoms with Crippen LogP contribution in [0.5, 0.6) is 0 Å². The van der Waals surface area contributed by atoms with Gasteiger partial charge in [0.25, 0.3) is 0 Å². The van der Waals surface area contributed by atoms with E-state index in [0.29, 0.717) is 6.42 Å². The van der Waals surface area contributed by atoms with Crippen molar-refractivity contribution in [3.8, 4) is 0 Å². The van der Waals surface area contributed by atoms with E-state index >= 15 is 0 Å². The van der Waals surface area contributed by atoms with Crippen molar-refractivity contribution in [1.29, 1.82) is 0 Å². The molecule has 0 fully saturated rings. The quantitative estimate of drug-likeness (QED) is 0.810. The van der Waals surface area contributed by atoms with E-state index in [2.05, 4.69) is 0 Å². The van der Waals surface area contributed by atoms with E-state index in [-0.39, 0.29) is 0 Å². The Morgan fingerprint density at radius 3 is 3.00 bits per heavy atom. The Bertz CT molecular complexity index is 401. The highest BCUT2D eigenvalue weighted by atomic mass is 19.1. The lowest BCUT2D eigenvalue weighted by molar-refractivity contribution is -0.143. The van der Waals surface area contributed by atoms with Crippen LogP contribution in [0.2, 0.25) is 0 Å². The van der Waals surface area contributed by atoms with Crippen molar-refractivity contribution in [1.82, 2.24) is 0 Å². The van der Waals surface area contributed by atoms with Crippen LogP contribution < -0.4 is 0 Å². The largest absolute Gasteiger partial charge is 0.479 e. The molecule has 1 N–H and O–H groups in total. The van der Waals surface area contributed by atoms with Gasteiger partial charge in [-0.05, 0) is 36.5 Å². The number of carboxylic acid groups (broad SMARTS) is 1. The minimum atomic E-state index is -1.77. The van der Waals surface area contributed by atoms with Gasteiger partial charge in [0.15, 0.2) is 0 Å². The molecule has 0 spiro atoms. The van der Waals surface area contributed by atoms with E-state index < -0.39 is 18.1 Å². The van der Waals surface area contributed by atoms with Gasteiger partial charge in [-0.3, -0.25) is 0 Å². The van der Waals surface area contributed by atoms with Crippen LogP contribution in [-0.4, -0.2) is 17.2 Å². The van der Waals surface area contributed by atoms with Crippen molar-refractivity contribution in [2.24, 2.45) is 0 Å². The number of fused-ring (bicyclic) bond motifs is 1. The molecule has 0 aromatic heterocycles.